The van der Waals surface area contributed by atoms with E-state index in [4.69, 9.17) is 9.72 Å². The molecule has 2 aromatic heterocycles. The minimum Gasteiger partial charge on any atom is -0.508 e. The molecule has 0 bridgehead atoms. The van der Waals surface area contributed by atoms with Crippen molar-refractivity contribution in [3.8, 4) is 33.9 Å². The van der Waals surface area contributed by atoms with Crippen molar-refractivity contribution in [1.29, 1.82) is 0 Å². The van der Waals surface area contributed by atoms with E-state index >= 15 is 0 Å². The number of nitrogens with zero attached hydrogens (tertiary/aromatic N) is 2. The molecule has 118 valence electrons. The van der Waals surface area contributed by atoms with Crippen LogP contribution in [0, 0.1) is 0 Å². The number of benzene rings is 2. The van der Waals surface area contributed by atoms with Gasteiger partial charge in [0, 0.05) is 18.0 Å². The van der Waals surface area contributed by atoms with E-state index in [1.807, 2.05) is 65.3 Å². The quantitative estimate of drug-likeness (QED) is 0.610. The molecule has 2 aromatic carbocycles. The molecular formula is C20H16N2O2. The first-order chi connectivity index (χ1) is 11.7. The Balaban J connectivity index is 1.73. The third kappa shape index (κ3) is 2.58. The largest absolute Gasteiger partial charge is 0.508 e. The van der Waals surface area contributed by atoms with Gasteiger partial charge in [-0.2, -0.15) is 0 Å². The Hall–Kier alpha value is -3.27. The highest BCUT2D eigenvalue weighted by Gasteiger charge is 2.06. The molecule has 0 saturated heterocycles. The van der Waals surface area contributed by atoms with Gasteiger partial charge in [0.25, 0.3) is 0 Å². The van der Waals surface area contributed by atoms with E-state index in [1.54, 1.807) is 19.2 Å². The first-order valence-electron chi connectivity index (χ1n) is 7.65. The van der Waals surface area contributed by atoms with Crippen molar-refractivity contribution < 1.29 is 9.84 Å². The van der Waals surface area contributed by atoms with Gasteiger partial charge in [-0.05, 0) is 59.7 Å². The van der Waals surface area contributed by atoms with Crippen LogP contribution >= 0.6 is 0 Å². The fourth-order valence-electron chi connectivity index (χ4n) is 2.72. The summed E-state index contributed by atoms with van der Waals surface area (Å²) >= 11 is 0. The molecular weight excluding hydrogens is 300 g/mol. The van der Waals surface area contributed by atoms with Gasteiger partial charge in [0.2, 0.25) is 0 Å². The third-order valence-electron chi connectivity index (χ3n) is 4.05. The number of methoxy groups -OCH3 is 1. The van der Waals surface area contributed by atoms with Crippen LogP contribution < -0.4 is 4.74 Å². The SMILES string of the molecule is COc1ccc(-c2cn3ccc(-c4ccc(O)cc4)cc3n2)cc1. The average Bonchev–Trinajstić information content (AvgIpc) is 3.05. The number of hydrogen-bond donors (Lipinski definition) is 1. The molecule has 0 aliphatic heterocycles. The standard InChI is InChI=1S/C20H16N2O2/c1-24-18-8-4-15(5-9-18)19-13-22-11-10-16(12-20(22)21-19)14-2-6-17(23)7-3-14/h2-13,23H,1H3. The summed E-state index contributed by atoms with van der Waals surface area (Å²) in [7, 11) is 1.66. The van der Waals surface area contributed by atoms with E-state index in [1.165, 1.54) is 0 Å². The van der Waals surface area contributed by atoms with E-state index in [0.29, 0.717) is 0 Å². The number of aromatic nitrogens is 2. The molecule has 4 aromatic rings. The van der Waals surface area contributed by atoms with Gasteiger partial charge in [0.05, 0.1) is 12.8 Å². The zero-order valence-electron chi connectivity index (χ0n) is 13.2. The van der Waals surface area contributed by atoms with E-state index in [0.717, 1.165) is 33.8 Å². The Morgan fingerprint density at radius 2 is 1.58 bits per heavy atom. The Kier molecular flexibility index (Phi) is 3.43. The van der Waals surface area contributed by atoms with Crippen LogP contribution in [0.25, 0.3) is 28.0 Å². The third-order valence-corrected chi connectivity index (χ3v) is 4.05. The number of fused-ring (bicyclic) bond motifs is 1. The smallest absolute Gasteiger partial charge is 0.138 e. The molecule has 0 unspecified atom stereocenters. The first-order valence-corrected chi connectivity index (χ1v) is 7.65. The molecule has 0 aliphatic rings. The molecule has 0 fully saturated rings. The van der Waals surface area contributed by atoms with Crippen LogP contribution in [0.2, 0.25) is 0 Å². The molecule has 24 heavy (non-hydrogen) atoms. The number of ether oxygens (including phenoxy) is 1. The molecule has 2 heterocycles. The second-order valence-corrected chi connectivity index (χ2v) is 5.58. The number of hydrogen-bond acceptors (Lipinski definition) is 3. The van der Waals surface area contributed by atoms with Crippen molar-refractivity contribution in [2.45, 2.75) is 0 Å². The fraction of sp³-hybridized carbons (Fsp3) is 0.0500. The molecule has 1 N–H and O–H groups in total. The Morgan fingerprint density at radius 3 is 2.29 bits per heavy atom. The van der Waals surface area contributed by atoms with E-state index < -0.39 is 0 Å². The normalized spacial score (nSPS) is 10.9. The van der Waals surface area contributed by atoms with Gasteiger partial charge in [0.1, 0.15) is 17.1 Å². The number of rotatable bonds is 3. The van der Waals surface area contributed by atoms with Crippen LogP contribution in [0.4, 0.5) is 0 Å². The van der Waals surface area contributed by atoms with Crippen molar-refractivity contribution in [3.63, 3.8) is 0 Å². The van der Waals surface area contributed by atoms with Crippen molar-refractivity contribution in [3.05, 3.63) is 73.1 Å². The summed E-state index contributed by atoms with van der Waals surface area (Å²) in [5.41, 5.74) is 4.95. The summed E-state index contributed by atoms with van der Waals surface area (Å²) in [6.07, 6.45) is 4.01. The zero-order valence-corrected chi connectivity index (χ0v) is 13.2. The predicted molar refractivity (Wildman–Crippen MR) is 94.3 cm³/mol. The van der Waals surface area contributed by atoms with E-state index in [-0.39, 0.29) is 5.75 Å². The molecule has 0 saturated carbocycles. The van der Waals surface area contributed by atoms with Gasteiger partial charge in [0.15, 0.2) is 0 Å². The lowest BCUT2D eigenvalue weighted by atomic mass is 10.1. The summed E-state index contributed by atoms with van der Waals surface area (Å²) in [4.78, 5) is 4.71. The highest BCUT2D eigenvalue weighted by atomic mass is 16.5. The van der Waals surface area contributed by atoms with Gasteiger partial charge >= 0.3 is 0 Å². The highest BCUT2D eigenvalue weighted by Crippen LogP contribution is 2.26. The van der Waals surface area contributed by atoms with Crippen LogP contribution in [-0.2, 0) is 0 Å². The molecule has 4 heteroatoms. The lowest BCUT2D eigenvalue weighted by Crippen LogP contribution is -1.84. The van der Waals surface area contributed by atoms with Crippen LogP contribution in [-0.4, -0.2) is 21.6 Å². The van der Waals surface area contributed by atoms with Gasteiger partial charge in [-0.25, -0.2) is 4.98 Å². The van der Waals surface area contributed by atoms with Crippen LogP contribution in [0.5, 0.6) is 11.5 Å². The van der Waals surface area contributed by atoms with Crippen LogP contribution in [0.1, 0.15) is 0 Å². The molecule has 0 aliphatic carbocycles. The van der Waals surface area contributed by atoms with Crippen molar-refractivity contribution in [2.24, 2.45) is 0 Å². The maximum absolute atomic E-state index is 9.42. The van der Waals surface area contributed by atoms with Gasteiger partial charge in [-0.15, -0.1) is 0 Å². The van der Waals surface area contributed by atoms with Gasteiger partial charge in [-0.3, -0.25) is 0 Å². The van der Waals surface area contributed by atoms with Crippen molar-refractivity contribution in [1.82, 2.24) is 9.38 Å². The summed E-state index contributed by atoms with van der Waals surface area (Å²) in [5.74, 6) is 1.10. The topological polar surface area (TPSA) is 46.8 Å². The number of pyridine rings is 1. The number of imidazole rings is 1. The summed E-state index contributed by atoms with van der Waals surface area (Å²) in [6.45, 7) is 0. The number of phenols is 1. The average molecular weight is 316 g/mol. The van der Waals surface area contributed by atoms with Gasteiger partial charge < -0.3 is 14.2 Å². The molecule has 4 rings (SSSR count). The fourth-order valence-corrected chi connectivity index (χ4v) is 2.72. The molecule has 0 atom stereocenters. The molecule has 0 amide bonds. The maximum atomic E-state index is 9.42. The Bertz CT molecular complexity index is 987. The Labute approximate surface area is 139 Å². The molecule has 0 spiro atoms. The van der Waals surface area contributed by atoms with Crippen LogP contribution in [0.15, 0.2) is 73.1 Å². The summed E-state index contributed by atoms with van der Waals surface area (Å²) < 4.78 is 7.20. The number of phenolic OH excluding ortho intramolecular Hbond substituents is 1. The zero-order chi connectivity index (χ0) is 16.5. The van der Waals surface area contributed by atoms with Gasteiger partial charge in [-0.1, -0.05) is 12.1 Å². The van der Waals surface area contributed by atoms with Crippen molar-refractivity contribution >= 4 is 5.65 Å². The lowest BCUT2D eigenvalue weighted by Gasteiger charge is -2.02. The minimum absolute atomic E-state index is 0.266. The second kappa shape index (κ2) is 5.74. The second-order valence-electron chi connectivity index (χ2n) is 5.58. The summed E-state index contributed by atoms with van der Waals surface area (Å²) in [6, 6.07) is 19.1. The summed E-state index contributed by atoms with van der Waals surface area (Å²) in [5, 5.41) is 9.42. The predicted octanol–water partition coefficient (Wildman–Crippen LogP) is 4.38. The Morgan fingerprint density at radius 1 is 0.875 bits per heavy atom. The monoisotopic (exact) mass is 316 g/mol. The lowest BCUT2D eigenvalue weighted by molar-refractivity contribution is 0.415. The number of aromatic hydroxyl groups is 1. The highest BCUT2D eigenvalue weighted by molar-refractivity contribution is 5.70. The maximum Gasteiger partial charge on any atom is 0.138 e. The first kappa shape index (κ1) is 14.3. The molecule has 0 radical (unpaired) electrons. The minimum atomic E-state index is 0.266. The van der Waals surface area contributed by atoms with Crippen LogP contribution in [0.3, 0.4) is 0 Å². The van der Waals surface area contributed by atoms with E-state index in [2.05, 4.69) is 0 Å². The van der Waals surface area contributed by atoms with E-state index in [9.17, 15) is 5.11 Å². The van der Waals surface area contributed by atoms with Crippen molar-refractivity contribution in [2.75, 3.05) is 7.11 Å². The molecule has 4 nitrogen and oxygen atoms in total.